The Balaban J connectivity index is 2.03. The van der Waals surface area contributed by atoms with E-state index < -0.39 is 17.3 Å². The Labute approximate surface area is 160 Å². The quantitative estimate of drug-likeness (QED) is 0.735. The molecule has 0 aliphatic rings. The van der Waals surface area contributed by atoms with Gasteiger partial charge in [0.1, 0.15) is 12.4 Å². The molecule has 0 spiro atoms. The number of para-hydroxylation sites is 3. The van der Waals surface area contributed by atoms with E-state index in [9.17, 15) is 18.8 Å². The summed E-state index contributed by atoms with van der Waals surface area (Å²) in [7, 11) is 1.47. The fourth-order valence-electron chi connectivity index (χ4n) is 2.81. The highest BCUT2D eigenvalue weighted by molar-refractivity contribution is 5.94. The van der Waals surface area contributed by atoms with E-state index in [1.165, 1.54) is 34.7 Å². The Bertz CT molecular complexity index is 1110. The third-order valence-electron chi connectivity index (χ3n) is 4.28. The van der Waals surface area contributed by atoms with Gasteiger partial charge in [0.2, 0.25) is 17.6 Å². The number of benzene rings is 2. The molecule has 28 heavy (non-hydrogen) atoms. The number of aromatic nitrogens is 2. The molecule has 1 N–H and O–H groups in total. The van der Waals surface area contributed by atoms with Crippen molar-refractivity contribution in [2.24, 2.45) is 0 Å². The zero-order chi connectivity index (χ0) is 20.3. The van der Waals surface area contributed by atoms with Crippen LogP contribution in [-0.4, -0.2) is 28.4 Å². The van der Waals surface area contributed by atoms with E-state index in [2.05, 4.69) is 10.3 Å². The number of nitrogens with zero attached hydrogens (tertiary/aromatic N) is 3. The number of fused-ring (bicyclic) bond motifs is 1. The molecule has 0 bridgehead atoms. The van der Waals surface area contributed by atoms with E-state index in [0.717, 1.165) is 0 Å². The molecule has 0 saturated heterocycles. The first-order valence-electron chi connectivity index (χ1n) is 8.73. The van der Waals surface area contributed by atoms with Crippen molar-refractivity contribution in [3.63, 3.8) is 0 Å². The SMILES string of the molecule is CCC(=O)N(C)c1nc2ccccc2n(CC(=O)Nc2ccccc2F)c1=O. The summed E-state index contributed by atoms with van der Waals surface area (Å²) in [5.74, 6) is -1.48. The highest BCUT2D eigenvalue weighted by Gasteiger charge is 2.19. The van der Waals surface area contributed by atoms with Gasteiger partial charge >= 0.3 is 0 Å². The van der Waals surface area contributed by atoms with Crippen molar-refractivity contribution in [2.45, 2.75) is 19.9 Å². The second kappa shape index (κ2) is 7.99. The van der Waals surface area contributed by atoms with Crippen LogP contribution in [0.4, 0.5) is 15.9 Å². The highest BCUT2D eigenvalue weighted by Crippen LogP contribution is 2.16. The fourth-order valence-corrected chi connectivity index (χ4v) is 2.81. The summed E-state index contributed by atoms with van der Waals surface area (Å²) in [4.78, 5) is 42.9. The van der Waals surface area contributed by atoms with E-state index in [-0.39, 0.29) is 30.4 Å². The van der Waals surface area contributed by atoms with Crippen LogP contribution in [0.15, 0.2) is 53.3 Å². The molecule has 3 aromatic rings. The van der Waals surface area contributed by atoms with Crippen LogP contribution in [-0.2, 0) is 16.1 Å². The first-order chi connectivity index (χ1) is 13.4. The van der Waals surface area contributed by atoms with Crippen LogP contribution < -0.4 is 15.8 Å². The average molecular weight is 382 g/mol. The molecule has 1 aromatic heterocycles. The second-order valence-electron chi connectivity index (χ2n) is 6.15. The molecule has 0 fully saturated rings. The van der Waals surface area contributed by atoms with Gasteiger partial charge in [-0.2, -0.15) is 0 Å². The Morgan fingerprint density at radius 3 is 2.54 bits per heavy atom. The van der Waals surface area contributed by atoms with Gasteiger partial charge in [-0.1, -0.05) is 31.2 Å². The predicted molar refractivity (Wildman–Crippen MR) is 105 cm³/mol. The molecule has 0 aliphatic heterocycles. The number of hydrogen-bond acceptors (Lipinski definition) is 4. The van der Waals surface area contributed by atoms with Gasteiger partial charge in [0, 0.05) is 13.5 Å². The topological polar surface area (TPSA) is 84.3 Å². The summed E-state index contributed by atoms with van der Waals surface area (Å²) in [6, 6.07) is 12.6. The van der Waals surface area contributed by atoms with E-state index in [1.54, 1.807) is 37.3 Å². The monoisotopic (exact) mass is 382 g/mol. The van der Waals surface area contributed by atoms with Gasteiger partial charge in [-0.15, -0.1) is 0 Å². The van der Waals surface area contributed by atoms with Crippen molar-refractivity contribution in [2.75, 3.05) is 17.3 Å². The fraction of sp³-hybridized carbons (Fsp3) is 0.200. The summed E-state index contributed by atoms with van der Waals surface area (Å²) in [5, 5.41) is 2.46. The molecule has 0 unspecified atom stereocenters. The van der Waals surface area contributed by atoms with Crippen molar-refractivity contribution < 1.29 is 14.0 Å². The third kappa shape index (κ3) is 3.75. The Morgan fingerprint density at radius 1 is 1.14 bits per heavy atom. The molecule has 0 saturated carbocycles. The molecular weight excluding hydrogens is 363 g/mol. The van der Waals surface area contributed by atoms with Gasteiger partial charge in [-0.3, -0.25) is 23.9 Å². The summed E-state index contributed by atoms with van der Waals surface area (Å²) in [5.41, 5.74) is 0.355. The molecule has 8 heteroatoms. The van der Waals surface area contributed by atoms with Gasteiger partial charge in [-0.25, -0.2) is 9.37 Å². The normalized spacial score (nSPS) is 10.7. The second-order valence-corrected chi connectivity index (χ2v) is 6.15. The van der Waals surface area contributed by atoms with Crippen molar-refractivity contribution in [1.29, 1.82) is 0 Å². The smallest absolute Gasteiger partial charge is 0.294 e. The molecule has 2 amide bonds. The number of rotatable bonds is 5. The summed E-state index contributed by atoms with van der Waals surface area (Å²) < 4.78 is 15.0. The van der Waals surface area contributed by atoms with Crippen LogP contribution in [0.25, 0.3) is 11.0 Å². The lowest BCUT2D eigenvalue weighted by Gasteiger charge is -2.18. The predicted octanol–water partition coefficient (Wildman–Crippen LogP) is 2.55. The Morgan fingerprint density at radius 2 is 1.82 bits per heavy atom. The van der Waals surface area contributed by atoms with Crippen molar-refractivity contribution in [3.05, 3.63) is 64.7 Å². The molecule has 7 nitrogen and oxygen atoms in total. The average Bonchev–Trinajstić information content (AvgIpc) is 2.70. The van der Waals surface area contributed by atoms with Crippen molar-refractivity contribution in [1.82, 2.24) is 9.55 Å². The van der Waals surface area contributed by atoms with Crippen LogP contribution >= 0.6 is 0 Å². The number of halogens is 1. The minimum absolute atomic E-state index is 0.0254. The first kappa shape index (κ1) is 19.2. The molecular formula is C20H19FN4O3. The molecule has 144 valence electrons. The van der Waals surface area contributed by atoms with Gasteiger partial charge in [-0.05, 0) is 24.3 Å². The van der Waals surface area contributed by atoms with E-state index in [0.29, 0.717) is 11.0 Å². The molecule has 0 radical (unpaired) electrons. The van der Waals surface area contributed by atoms with Crippen molar-refractivity contribution >= 4 is 34.4 Å². The third-order valence-corrected chi connectivity index (χ3v) is 4.28. The maximum absolute atomic E-state index is 13.8. The summed E-state index contributed by atoms with van der Waals surface area (Å²) >= 11 is 0. The summed E-state index contributed by atoms with van der Waals surface area (Å²) in [6.45, 7) is 1.33. The maximum atomic E-state index is 13.8. The van der Waals surface area contributed by atoms with Gasteiger partial charge in [0.25, 0.3) is 5.56 Å². The molecule has 1 heterocycles. The maximum Gasteiger partial charge on any atom is 0.294 e. The minimum atomic E-state index is -0.577. The van der Waals surface area contributed by atoms with E-state index >= 15 is 0 Å². The highest BCUT2D eigenvalue weighted by atomic mass is 19.1. The van der Waals surface area contributed by atoms with Crippen LogP contribution in [0.2, 0.25) is 0 Å². The number of hydrogen-bond donors (Lipinski definition) is 1. The Kier molecular flexibility index (Phi) is 5.49. The number of nitrogens with one attached hydrogen (secondary N) is 1. The number of amides is 2. The first-order valence-corrected chi connectivity index (χ1v) is 8.73. The van der Waals surface area contributed by atoms with Crippen molar-refractivity contribution in [3.8, 4) is 0 Å². The lowest BCUT2D eigenvalue weighted by atomic mass is 10.2. The van der Waals surface area contributed by atoms with Crippen LogP contribution in [0.1, 0.15) is 13.3 Å². The van der Waals surface area contributed by atoms with Crippen LogP contribution in [0.3, 0.4) is 0 Å². The number of anilines is 2. The van der Waals surface area contributed by atoms with E-state index in [1.807, 2.05) is 0 Å². The zero-order valence-electron chi connectivity index (χ0n) is 15.5. The molecule has 2 aromatic carbocycles. The minimum Gasteiger partial charge on any atom is -0.322 e. The van der Waals surface area contributed by atoms with Gasteiger partial charge in [0.15, 0.2) is 0 Å². The van der Waals surface area contributed by atoms with Crippen LogP contribution in [0, 0.1) is 5.82 Å². The zero-order valence-corrected chi connectivity index (χ0v) is 15.5. The number of carbonyl (C=O) groups is 2. The number of carbonyl (C=O) groups excluding carboxylic acids is 2. The largest absolute Gasteiger partial charge is 0.322 e. The standard InChI is InChI=1S/C20H19FN4O3/c1-3-18(27)24(2)19-20(28)25(16-11-7-6-10-15(16)23-19)12-17(26)22-14-9-5-4-8-13(14)21/h4-11H,3,12H2,1-2H3,(H,22,26). The molecule has 0 aliphatic carbocycles. The van der Waals surface area contributed by atoms with E-state index in [4.69, 9.17) is 0 Å². The van der Waals surface area contributed by atoms with Gasteiger partial charge < -0.3 is 5.32 Å². The Hall–Kier alpha value is -3.55. The van der Waals surface area contributed by atoms with Gasteiger partial charge in [0.05, 0.1) is 16.7 Å². The van der Waals surface area contributed by atoms with Crippen LogP contribution in [0.5, 0.6) is 0 Å². The summed E-state index contributed by atoms with van der Waals surface area (Å²) in [6.07, 6.45) is 0.207. The lowest BCUT2D eigenvalue weighted by Crippen LogP contribution is -2.36. The molecule has 0 atom stereocenters. The molecule has 3 rings (SSSR count). The lowest BCUT2D eigenvalue weighted by molar-refractivity contribution is -0.118.